The lowest BCUT2D eigenvalue weighted by molar-refractivity contribution is -0.136. The molecule has 4 nitrogen and oxygen atoms in total. The molecule has 3 rings (SSSR count). The summed E-state index contributed by atoms with van der Waals surface area (Å²) >= 11 is 0. The van der Waals surface area contributed by atoms with Crippen molar-refractivity contribution in [1.29, 1.82) is 0 Å². The lowest BCUT2D eigenvalue weighted by atomic mass is 9.95. The van der Waals surface area contributed by atoms with Crippen molar-refractivity contribution in [2.75, 3.05) is 27.2 Å². The molecule has 1 heterocycles. The Balaban J connectivity index is 1.47. The number of carbonyl (C=O) groups excluding carboxylic acids is 1. The van der Waals surface area contributed by atoms with Gasteiger partial charge in [-0.1, -0.05) is 24.3 Å². The van der Waals surface area contributed by atoms with Crippen molar-refractivity contribution in [3.8, 4) is 5.75 Å². The number of amides is 1. The van der Waals surface area contributed by atoms with Gasteiger partial charge in [-0.05, 0) is 61.3 Å². The first-order valence-corrected chi connectivity index (χ1v) is 9.40. The third-order valence-electron chi connectivity index (χ3n) is 5.21. The standard InChI is InChI=1S/C22H27FN2O2/c1-24(15-17-5-9-21(27-2)10-6-17)22(26)19-11-13-25(14-12-19)16-18-3-7-20(23)8-4-18/h3-10,19H,11-16H2,1-2H3. The minimum atomic E-state index is -0.206. The zero-order valence-corrected chi connectivity index (χ0v) is 16.0. The monoisotopic (exact) mass is 370 g/mol. The Bertz CT molecular complexity index is 738. The van der Waals surface area contributed by atoms with Crippen molar-refractivity contribution in [3.63, 3.8) is 0 Å². The number of hydrogen-bond acceptors (Lipinski definition) is 3. The molecule has 0 spiro atoms. The van der Waals surface area contributed by atoms with Crippen LogP contribution in [0.25, 0.3) is 0 Å². The topological polar surface area (TPSA) is 32.8 Å². The van der Waals surface area contributed by atoms with Crippen LogP contribution in [-0.2, 0) is 17.9 Å². The number of carbonyl (C=O) groups is 1. The SMILES string of the molecule is COc1ccc(CN(C)C(=O)C2CCN(Cc3ccc(F)cc3)CC2)cc1. The molecule has 0 aromatic heterocycles. The number of rotatable bonds is 6. The maximum atomic E-state index is 13.0. The minimum Gasteiger partial charge on any atom is -0.497 e. The van der Waals surface area contributed by atoms with Crippen molar-refractivity contribution < 1.29 is 13.9 Å². The Morgan fingerprint density at radius 2 is 1.67 bits per heavy atom. The summed E-state index contributed by atoms with van der Waals surface area (Å²) in [6.45, 7) is 3.20. The molecule has 0 bridgehead atoms. The number of likely N-dealkylation sites (tertiary alicyclic amines) is 1. The lowest BCUT2D eigenvalue weighted by Crippen LogP contribution is -2.40. The lowest BCUT2D eigenvalue weighted by Gasteiger charge is -2.33. The summed E-state index contributed by atoms with van der Waals surface area (Å²) in [7, 11) is 3.52. The average molecular weight is 370 g/mol. The van der Waals surface area contributed by atoms with Crippen molar-refractivity contribution >= 4 is 5.91 Å². The summed E-state index contributed by atoms with van der Waals surface area (Å²) in [4.78, 5) is 16.9. The van der Waals surface area contributed by atoms with Gasteiger partial charge >= 0.3 is 0 Å². The highest BCUT2D eigenvalue weighted by molar-refractivity contribution is 5.78. The van der Waals surface area contributed by atoms with Gasteiger partial charge in [-0.25, -0.2) is 4.39 Å². The zero-order valence-electron chi connectivity index (χ0n) is 16.0. The fraction of sp³-hybridized carbons (Fsp3) is 0.409. The third-order valence-corrected chi connectivity index (χ3v) is 5.21. The minimum absolute atomic E-state index is 0.0812. The number of methoxy groups -OCH3 is 1. The molecule has 144 valence electrons. The molecule has 2 aromatic rings. The van der Waals surface area contributed by atoms with Gasteiger partial charge in [-0.2, -0.15) is 0 Å². The van der Waals surface area contributed by atoms with Crippen molar-refractivity contribution in [2.45, 2.75) is 25.9 Å². The number of nitrogens with zero attached hydrogens (tertiary/aromatic N) is 2. The van der Waals surface area contributed by atoms with Crippen LogP contribution in [0.5, 0.6) is 5.75 Å². The Kier molecular flexibility index (Phi) is 6.45. The first-order valence-electron chi connectivity index (χ1n) is 9.40. The normalized spacial score (nSPS) is 15.5. The highest BCUT2D eigenvalue weighted by atomic mass is 19.1. The Labute approximate surface area is 160 Å². The average Bonchev–Trinajstić information content (AvgIpc) is 2.70. The van der Waals surface area contributed by atoms with Gasteiger partial charge in [0.05, 0.1) is 7.11 Å². The highest BCUT2D eigenvalue weighted by Crippen LogP contribution is 2.22. The summed E-state index contributed by atoms with van der Waals surface area (Å²) in [6, 6.07) is 14.5. The van der Waals surface area contributed by atoms with Crippen LogP contribution in [0, 0.1) is 11.7 Å². The van der Waals surface area contributed by atoms with Crippen LogP contribution in [0.1, 0.15) is 24.0 Å². The van der Waals surface area contributed by atoms with Crippen LogP contribution in [0.15, 0.2) is 48.5 Å². The predicted octanol–water partition coefficient (Wildman–Crippen LogP) is 3.70. The summed E-state index contributed by atoms with van der Waals surface area (Å²) in [6.07, 6.45) is 1.74. The van der Waals surface area contributed by atoms with E-state index in [1.165, 1.54) is 12.1 Å². The first-order chi connectivity index (χ1) is 13.0. The molecule has 0 saturated carbocycles. The van der Waals surface area contributed by atoms with E-state index >= 15 is 0 Å². The fourth-order valence-corrected chi connectivity index (χ4v) is 3.58. The molecule has 2 aromatic carbocycles. The zero-order chi connectivity index (χ0) is 19.2. The van der Waals surface area contributed by atoms with Crippen molar-refractivity contribution in [3.05, 3.63) is 65.5 Å². The van der Waals surface area contributed by atoms with Gasteiger partial charge in [0.1, 0.15) is 11.6 Å². The Hall–Kier alpha value is -2.40. The van der Waals surface area contributed by atoms with E-state index in [0.29, 0.717) is 6.54 Å². The molecule has 0 N–H and O–H groups in total. The van der Waals surface area contributed by atoms with Crippen molar-refractivity contribution in [2.24, 2.45) is 5.92 Å². The van der Waals surface area contributed by atoms with E-state index < -0.39 is 0 Å². The largest absolute Gasteiger partial charge is 0.497 e. The predicted molar refractivity (Wildman–Crippen MR) is 104 cm³/mol. The maximum Gasteiger partial charge on any atom is 0.225 e. The summed E-state index contributed by atoms with van der Waals surface area (Å²) in [5.41, 5.74) is 2.21. The highest BCUT2D eigenvalue weighted by Gasteiger charge is 2.27. The molecule has 1 fully saturated rings. The second-order valence-electron chi connectivity index (χ2n) is 7.22. The molecule has 1 aliphatic heterocycles. The van der Waals surface area contributed by atoms with E-state index in [0.717, 1.165) is 49.4 Å². The Morgan fingerprint density at radius 3 is 2.26 bits per heavy atom. The van der Waals surface area contributed by atoms with E-state index in [9.17, 15) is 9.18 Å². The number of ether oxygens (including phenoxy) is 1. The van der Waals surface area contributed by atoms with E-state index in [-0.39, 0.29) is 17.6 Å². The number of benzene rings is 2. The van der Waals surface area contributed by atoms with Crippen LogP contribution in [0.2, 0.25) is 0 Å². The molecule has 27 heavy (non-hydrogen) atoms. The second-order valence-corrected chi connectivity index (χ2v) is 7.22. The fourth-order valence-electron chi connectivity index (χ4n) is 3.58. The van der Waals surface area contributed by atoms with Gasteiger partial charge in [0.25, 0.3) is 0 Å². The van der Waals surface area contributed by atoms with E-state index in [4.69, 9.17) is 4.74 Å². The van der Waals surface area contributed by atoms with Crippen LogP contribution in [-0.4, -0.2) is 43.0 Å². The number of hydrogen-bond donors (Lipinski definition) is 0. The number of halogens is 1. The van der Waals surface area contributed by atoms with E-state index in [2.05, 4.69) is 4.90 Å². The quantitative estimate of drug-likeness (QED) is 0.777. The molecular weight excluding hydrogens is 343 g/mol. The van der Waals surface area contributed by atoms with Crippen LogP contribution in [0.3, 0.4) is 0 Å². The van der Waals surface area contributed by atoms with Gasteiger partial charge in [0.15, 0.2) is 0 Å². The first kappa shape index (κ1) is 19.4. The van der Waals surface area contributed by atoms with Crippen LogP contribution < -0.4 is 4.74 Å². The molecule has 1 amide bonds. The molecule has 0 unspecified atom stereocenters. The molecular formula is C22H27FN2O2. The Morgan fingerprint density at radius 1 is 1.07 bits per heavy atom. The van der Waals surface area contributed by atoms with Gasteiger partial charge in [0, 0.05) is 26.1 Å². The van der Waals surface area contributed by atoms with Gasteiger partial charge in [-0.15, -0.1) is 0 Å². The van der Waals surface area contributed by atoms with Crippen LogP contribution in [0.4, 0.5) is 4.39 Å². The molecule has 0 aliphatic carbocycles. The summed E-state index contributed by atoms with van der Waals surface area (Å²) < 4.78 is 18.2. The van der Waals surface area contributed by atoms with E-state index in [1.54, 1.807) is 7.11 Å². The van der Waals surface area contributed by atoms with E-state index in [1.807, 2.05) is 48.3 Å². The van der Waals surface area contributed by atoms with Gasteiger partial charge < -0.3 is 9.64 Å². The number of piperidine rings is 1. The summed E-state index contributed by atoms with van der Waals surface area (Å²) in [5, 5.41) is 0. The van der Waals surface area contributed by atoms with Crippen molar-refractivity contribution in [1.82, 2.24) is 9.80 Å². The maximum absolute atomic E-state index is 13.0. The molecule has 0 atom stereocenters. The van der Waals surface area contributed by atoms with Gasteiger partial charge in [-0.3, -0.25) is 9.69 Å². The van der Waals surface area contributed by atoms with Crippen LogP contribution >= 0.6 is 0 Å². The smallest absolute Gasteiger partial charge is 0.225 e. The molecule has 0 radical (unpaired) electrons. The molecule has 5 heteroatoms. The summed E-state index contributed by atoms with van der Waals surface area (Å²) in [5.74, 6) is 0.911. The third kappa shape index (κ3) is 5.30. The molecule has 1 aliphatic rings. The van der Waals surface area contributed by atoms with Gasteiger partial charge in [0.2, 0.25) is 5.91 Å². The molecule has 1 saturated heterocycles. The second kappa shape index (κ2) is 9.00.